The summed E-state index contributed by atoms with van der Waals surface area (Å²) < 4.78 is 1.23. The van der Waals surface area contributed by atoms with Crippen molar-refractivity contribution in [3.05, 3.63) is 27.9 Å². The highest BCUT2D eigenvalue weighted by atomic mass is 16.5. The summed E-state index contributed by atoms with van der Waals surface area (Å²) >= 11 is 0. The first kappa shape index (κ1) is 21.1. The molecule has 25 heavy (non-hydrogen) atoms. The Morgan fingerprint density at radius 2 is 1.44 bits per heavy atom. The lowest BCUT2D eigenvalue weighted by atomic mass is 10.0. The van der Waals surface area contributed by atoms with Gasteiger partial charge in [0.1, 0.15) is 0 Å². The van der Waals surface area contributed by atoms with Gasteiger partial charge in [0, 0.05) is 12.1 Å². The standard InChI is InChI=1S/C19H35N5O/c1-14-15(2)24(25)16(3)17(18(14)20)12-10-8-6-4-5-7-9-11-13-23-19(21)22/h20,25H,4-13H2,1-3H3,(H4,21,22,23). The van der Waals surface area contributed by atoms with E-state index in [-0.39, 0.29) is 5.96 Å². The Morgan fingerprint density at radius 3 is 2.00 bits per heavy atom. The monoisotopic (exact) mass is 349 g/mol. The quantitative estimate of drug-likeness (QED) is 0.213. The van der Waals surface area contributed by atoms with E-state index in [4.69, 9.17) is 16.9 Å². The molecule has 142 valence electrons. The second kappa shape index (κ2) is 10.8. The Balaban J connectivity index is 2.21. The zero-order valence-corrected chi connectivity index (χ0v) is 16.1. The van der Waals surface area contributed by atoms with E-state index < -0.39 is 0 Å². The molecule has 0 aromatic carbocycles. The number of pyridine rings is 1. The summed E-state index contributed by atoms with van der Waals surface area (Å²) in [7, 11) is 0. The smallest absolute Gasteiger partial charge is 0.185 e. The fourth-order valence-electron chi connectivity index (χ4n) is 3.11. The van der Waals surface area contributed by atoms with Gasteiger partial charge in [0.2, 0.25) is 0 Å². The van der Waals surface area contributed by atoms with Gasteiger partial charge in [-0.25, -0.2) is 0 Å². The van der Waals surface area contributed by atoms with Gasteiger partial charge in [-0.3, -0.25) is 4.99 Å². The number of aliphatic imine (C=N–C) groups is 1. The van der Waals surface area contributed by atoms with Crippen molar-refractivity contribution in [2.45, 2.75) is 78.6 Å². The molecule has 0 spiro atoms. The molecule has 1 heterocycles. The number of nitrogens with two attached hydrogens (primary N) is 2. The van der Waals surface area contributed by atoms with E-state index in [9.17, 15) is 5.21 Å². The minimum Gasteiger partial charge on any atom is -0.428 e. The van der Waals surface area contributed by atoms with Gasteiger partial charge in [-0.05, 0) is 45.6 Å². The van der Waals surface area contributed by atoms with E-state index in [1.54, 1.807) is 0 Å². The number of hydrogen-bond donors (Lipinski definition) is 4. The topological polar surface area (TPSA) is 113 Å². The maximum absolute atomic E-state index is 10.1. The van der Waals surface area contributed by atoms with Crippen molar-refractivity contribution in [1.29, 1.82) is 5.41 Å². The second-order valence-electron chi connectivity index (χ2n) is 6.85. The zero-order valence-electron chi connectivity index (χ0n) is 16.1. The molecule has 0 saturated carbocycles. The van der Waals surface area contributed by atoms with Crippen LogP contribution < -0.4 is 16.8 Å². The van der Waals surface area contributed by atoms with Gasteiger partial charge >= 0.3 is 0 Å². The molecular formula is C19H35N5O. The number of nitrogens with one attached hydrogen (secondary N) is 1. The highest BCUT2D eigenvalue weighted by Gasteiger charge is 2.11. The summed E-state index contributed by atoms with van der Waals surface area (Å²) in [6, 6.07) is 0. The molecule has 0 bridgehead atoms. The summed E-state index contributed by atoms with van der Waals surface area (Å²) in [6.45, 7) is 6.38. The van der Waals surface area contributed by atoms with Crippen LogP contribution in [0.25, 0.3) is 0 Å². The van der Waals surface area contributed by atoms with Crippen LogP contribution in [0.15, 0.2) is 4.99 Å². The van der Waals surface area contributed by atoms with E-state index in [0.29, 0.717) is 5.36 Å². The average molecular weight is 350 g/mol. The third-order valence-corrected chi connectivity index (χ3v) is 4.92. The van der Waals surface area contributed by atoms with Crippen LogP contribution in [0.1, 0.15) is 73.9 Å². The average Bonchev–Trinajstić information content (AvgIpc) is 2.58. The van der Waals surface area contributed by atoms with Crippen molar-refractivity contribution in [3.8, 4) is 0 Å². The van der Waals surface area contributed by atoms with Crippen LogP contribution >= 0.6 is 0 Å². The summed E-state index contributed by atoms with van der Waals surface area (Å²) in [4.78, 5) is 3.98. The normalized spacial score (nSPS) is 10.8. The third kappa shape index (κ3) is 6.80. The van der Waals surface area contributed by atoms with E-state index in [1.807, 2.05) is 20.8 Å². The Bertz CT molecular complexity index is 630. The largest absolute Gasteiger partial charge is 0.428 e. The van der Waals surface area contributed by atoms with Gasteiger partial charge in [0.25, 0.3) is 0 Å². The van der Waals surface area contributed by atoms with Gasteiger partial charge in [-0.1, -0.05) is 38.5 Å². The molecule has 6 nitrogen and oxygen atoms in total. The van der Waals surface area contributed by atoms with Crippen molar-refractivity contribution in [1.82, 2.24) is 4.73 Å². The predicted octanol–water partition coefficient (Wildman–Crippen LogP) is 3.07. The van der Waals surface area contributed by atoms with Crippen molar-refractivity contribution < 1.29 is 5.21 Å². The molecule has 6 heteroatoms. The molecule has 0 aliphatic carbocycles. The maximum Gasteiger partial charge on any atom is 0.185 e. The molecule has 0 radical (unpaired) electrons. The van der Waals surface area contributed by atoms with Crippen LogP contribution in [0, 0.1) is 26.2 Å². The molecular weight excluding hydrogens is 314 g/mol. The fourth-order valence-corrected chi connectivity index (χ4v) is 3.11. The molecule has 0 fully saturated rings. The van der Waals surface area contributed by atoms with E-state index in [2.05, 4.69) is 4.99 Å². The van der Waals surface area contributed by atoms with Gasteiger partial charge in [0.05, 0.1) is 16.7 Å². The summed E-state index contributed by atoms with van der Waals surface area (Å²) in [6.07, 6.45) is 10.3. The number of aromatic nitrogens is 1. The van der Waals surface area contributed by atoms with Gasteiger partial charge < -0.3 is 22.1 Å². The van der Waals surface area contributed by atoms with Crippen LogP contribution in [-0.2, 0) is 6.42 Å². The Hall–Kier alpha value is -1.98. The molecule has 0 amide bonds. The van der Waals surface area contributed by atoms with Crippen LogP contribution in [-0.4, -0.2) is 22.4 Å². The number of rotatable bonds is 11. The molecule has 1 rings (SSSR count). The van der Waals surface area contributed by atoms with Crippen molar-refractivity contribution in [2.75, 3.05) is 6.54 Å². The minimum absolute atomic E-state index is 0.182. The Labute approximate surface area is 151 Å². The highest BCUT2D eigenvalue weighted by molar-refractivity contribution is 5.75. The summed E-state index contributed by atoms with van der Waals surface area (Å²) in [5, 5.41) is 19.0. The maximum atomic E-state index is 10.1. The molecule has 0 saturated heterocycles. The van der Waals surface area contributed by atoms with Gasteiger partial charge in [0.15, 0.2) is 5.96 Å². The molecule has 0 aliphatic heterocycles. The number of unbranched alkanes of at least 4 members (excludes halogenated alkanes) is 7. The number of nitrogens with zero attached hydrogens (tertiary/aromatic N) is 2. The van der Waals surface area contributed by atoms with Crippen molar-refractivity contribution in [2.24, 2.45) is 16.5 Å². The van der Waals surface area contributed by atoms with Gasteiger partial charge in [-0.2, -0.15) is 4.73 Å². The first-order valence-corrected chi connectivity index (χ1v) is 9.37. The number of guanidine groups is 1. The zero-order chi connectivity index (χ0) is 18.8. The van der Waals surface area contributed by atoms with Crippen LogP contribution in [0.5, 0.6) is 0 Å². The van der Waals surface area contributed by atoms with E-state index >= 15 is 0 Å². The van der Waals surface area contributed by atoms with Crippen LogP contribution in [0.2, 0.25) is 0 Å². The molecule has 0 unspecified atom stereocenters. The van der Waals surface area contributed by atoms with Crippen molar-refractivity contribution >= 4 is 5.96 Å². The van der Waals surface area contributed by atoms with E-state index in [0.717, 1.165) is 48.3 Å². The van der Waals surface area contributed by atoms with Crippen LogP contribution in [0.4, 0.5) is 0 Å². The lowest BCUT2D eigenvalue weighted by molar-refractivity contribution is 0.169. The highest BCUT2D eigenvalue weighted by Crippen LogP contribution is 2.14. The molecule has 1 aromatic heterocycles. The lowest BCUT2D eigenvalue weighted by Crippen LogP contribution is -2.22. The lowest BCUT2D eigenvalue weighted by Gasteiger charge is -2.15. The third-order valence-electron chi connectivity index (χ3n) is 4.92. The molecule has 0 aliphatic rings. The summed E-state index contributed by atoms with van der Waals surface area (Å²) in [5.74, 6) is 0.182. The Kier molecular flexibility index (Phi) is 9.10. The summed E-state index contributed by atoms with van der Waals surface area (Å²) in [5.41, 5.74) is 14.0. The minimum atomic E-state index is 0.182. The van der Waals surface area contributed by atoms with Crippen LogP contribution in [0.3, 0.4) is 0 Å². The predicted molar refractivity (Wildman–Crippen MR) is 103 cm³/mol. The van der Waals surface area contributed by atoms with Crippen molar-refractivity contribution in [3.63, 3.8) is 0 Å². The fraction of sp³-hybridized carbons (Fsp3) is 0.684. The number of hydrogen-bond acceptors (Lipinski definition) is 3. The second-order valence-corrected chi connectivity index (χ2v) is 6.85. The SMILES string of the molecule is Cc1c(C)n(O)c(C)c(CCCCCCCCCCN=C(N)N)c1=N. The first-order chi connectivity index (χ1) is 11.9. The molecule has 0 atom stereocenters. The molecule has 1 aromatic rings. The molecule has 6 N–H and O–H groups in total. The first-order valence-electron chi connectivity index (χ1n) is 9.37. The van der Waals surface area contributed by atoms with Gasteiger partial charge in [-0.15, -0.1) is 0 Å². The Morgan fingerprint density at radius 1 is 0.920 bits per heavy atom. The van der Waals surface area contributed by atoms with E-state index in [1.165, 1.54) is 43.3 Å².